The lowest BCUT2D eigenvalue weighted by molar-refractivity contribution is 0.910. The SMILES string of the molecule is CCc1cccc(C(C)c2cccc(CC)c2)c1. The van der Waals surface area contributed by atoms with Crippen LogP contribution in [-0.2, 0) is 12.8 Å². The number of benzene rings is 2. The number of aryl methyl sites for hydroxylation is 2. The molecule has 0 aromatic heterocycles. The largest absolute Gasteiger partial charge is 0.0617 e. The van der Waals surface area contributed by atoms with Crippen LogP contribution in [0.4, 0.5) is 0 Å². The molecule has 0 saturated heterocycles. The average Bonchev–Trinajstić information content (AvgIpc) is 2.46. The highest BCUT2D eigenvalue weighted by molar-refractivity contribution is 5.36. The van der Waals surface area contributed by atoms with Crippen molar-refractivity contribution in [1.82, 2.24) is 0 Å². The molecule has 0 unspecified atom stereocenters. The van der Waals surface area contributed by atoms with Gasteiger partial charge in [-0.3, -0.25) is 0 Å². The van der Waals surface area contributed by atoms with E-state index >= 15 is 0 Å². The Hall–Kier alpha value is -1.56. The molecular weight excluding hydrogens is 216 g/mol. The molecule has 0 heteroatoms. The first-order chi connectivity index (χ1) is 8.74. The van der Waals surface area contributed by atoms with Gasteiger partial charge in [-0.05, 0) is 35.1 Å². The zero-order chi connectivity index (χ0) is 13.0. The molecule has 94 valence electrons. The molecule has 0 radical (unpaired) electrons. The fourth-order valence-electron chi connectivity index (χ4n) is 2.36. The van der Waals surface area contributed by atoms with Crippen molar-refractivity contribution in [2.24, 2.45) is 0 Å². The number of hydrogen-bond acceptors (Lipinski definition) is 0. The van der Waals surface area contributed by atoms with Crippen LogP contribution in [-0.4, -0.2) is 0 Å². The second-order valence-corrected chi connectivity index (χ2v) is 4.92. The zero-order valence-corrected chi connectivity index (χ0v) is 11.6. The van der Waals surface area contributed by atoms with E-state index in [4.69, 9.17) is 0 Å². The van der Waals surface area contributed by atoms with Crippen LogP contribution in [0.5, 0.6) is 0 Å². The summed E-state index contributed by atoms with van der Waals surface area (Å²) in [5, 5.41) is 0. The lowest BCUT2D eigenvalue weighted by Gasteiger charge is -2.14. The molecule has 2 aromatic carbocycles. The normalized spacial score (nSPS) is 10.9. The van der Waals surface area contributed by atoms with Crippen molar-refractivity contribution >= 4 is 0 Å². The van der Waals surface area contributed by atoms with Gasteiger partial charge in [-0.25, -0.2) is 0 Å². The van der Waals surface area contributed by atoms with E-state index in [-0.39, 0.29) is 0 Å². The topological polar surface area (TPSA) is 0 Å². The molecule has 2 aromatic rings. The summed E-state index contributed by atoms with van der Waals surface area (Å²) in [6.07, 6.45) is 2.21. The molecule has 0 N–H and O–H groups in total. The van der Waals surface area contributed by atoms with Crippen molar-refractivity contribution < 1.29 is 0 Å². The first-order valence-electron chi connectivity index (χ1n) is 6.92. The Balaban J connectivity index is 2.31. The van der Waals surface area contributed by atoms with Crippen molar-refractivity contribution in [2.45, 2.75) is 39.5 Å². The highest BCUT2D eigenvalue weighted by Crippen LogP contribution is 2.25. The predicted octanol–water partition coefficient (Wildman–Crippen LogP) is 4.96. The van der Waals surface area contributed by atoms with Crippen molar-refractivity contribution in [2.75, 3.05) is 0 Å². The lowest BCUT2D eigenvalue weighted by Crippen LogP contribution is -1.98. The summed E-state index contributed by atoms with van der Waals surface area (Å²) in [5.74, 6) is 0.475. The van der Waals surface area contributed by atoms with E-state index in [2.05, 4.69) is 69.3 Å². The van der Waals surface area contributed by atoms with Crippen molar-refractivity contribution in [3.8, 4) is 0 Å². The van der Waals surface area contributed by atoms with Gasteiger partial charge in [0.15, 0.2) is 0 Å². The highest BCUT2D eigenvalue weighted by atomic mass is 14.1. The number of hydrogen-bond donors (Lipinski definition) is 0. The first-order valence-corrected chi connectivity index (χ1v) is 6.92. The average molecular weight is 238 g/mol. The third-order valence-corrected chi connectivity index (χ3v) is 3.72. The van der Waals surface area contributed by atoms with Gasteiger partial charge >= 0.3 is 0 Å². The van der Waals surface area contributed by atoms with E-state index in [1.165, 1.54) is 22.3 Å². The molecule has 0 heterocycles. The smallest absolute Gasteiger partial charge is 0.00612 e. The molecule has 0 saturated carbocycles. The third kappa shape index (κ3) is 2.81. The van der Waals surface area contributed by atoms with Gasteiger partial charge in [0.25, 0.3) is 0 Å². The van der Waals surface area contributed by atoms with Crippen LogP contribution in [0.1, 0.15) is 48.9 Å². The van der Waals surface area contributed by atoms with Crippen LogP contribution in [0.25, 0.3) is 0 Å². The minimum Gasteiger partial charge on any atom is -0.0617 e. The van der Waals surface area contributed by atoms with Gasteiger partial charge in [0, 0.05) is 5.92 Å². The van der Waals surface area contributed by atoms with Gasteiger partial charge in [-0.15, -0.1) is 0 Å². The van der Waals surface area contributed by atoms with Crippen LogP contribution in [0.15, 0.2) is 48.5 Å². The molecule has 18 heavy (non-hydrogen) atoms. The summed E-state index contributed by atoms with van der Waals surface area (Å²) in [6.45, 7) is 6.71. The summed E-state index contributed by atoms with van der Waals surface area (Å²) in [6, 6.07) is 17.9. The summed E-state index contributed by atoms with van der Waals surface area (Å²) in [5.41, 5.74) is 5.68. The maximum absolute atomic E-state index is 2.34. The standard InChI is InChI=1S/C18H22/c1-4-15-8-6-10-17(12-15)14(3)18-11-7-9-16(5-2)13-18/h6-14H,4-5H2,1-3H3. The Morgan fingerprint density at radius 3 is 1.61 bits per heavy atom. The second-order valence-electron chi connectivity index (χ2n) is 4.92. The molecule has 0 amide bonds. The van der Waals surface area contributed by atoms with E-state index < -0.39 is 0 Å². The fourth-order valence-corrected chi connectivity index (χ4v) is 2.36. The van der Waals surface area contributed by atoms with Crippen LogP contribution in [0.3, 0.4) is 0 Å². The Bertz CT molecular complexity index is 463. The summed E-state index contributed by atoms with van der Waals surface area (Å²) < 4.78 is 0. The maximum atomic E-state index is 2.34. The Labute approximate surface area is 111 Å². The molecule has 0 aliphatic rings. The van der Waals surface area contributed by atoms with Crippen molar-refractivity contribution in [1.29, 1.82) is 0 Å². The Morgan fingerprint density at radius 1 is 0.778 bits per heavy atom. The first kappa shape index (κ1) is 12.9. The molecule has 0 atom stereocenters. The number of rotatable bonds is 4. The summed E-state index contributed by atoms with van der Waals surface area (Å²) in [4.78, 5) is 0. The molecule has 0 fully saturated rings. The van der Waals surface area contributed by atoms with Gasteiger partial charge in [-0.2, -0.15) is 0 Å². The molecule has 0 nitrogen and oxygen atoms in total. The van der Waals surface area contributed by atoms with Crippen LogP contribution >= 0.6 is 0 Å². The predicted molar refractivity (Wildman–Crippen MR) is 79.2 cm³/mol. The molecule has 0 aliphatic carbocycles. The third-order valence-electron chi connectivity index (χ3n) is 3.72. The van der Waals surface area contributed by atoms with E-state index in [9.17, 15) is 0 Å². The molecule has 2 rings (SSSR count). The highest BCUT2D eigenvalue weighted by Gasteiger charge is 2.08. The summed E-state index contributed by atoms with van der Waals surface area (Å²) >= 11 is 0. The molecule has 0 spiro atoms. The Morgan fingerprint density at radius 2 is 1.22 bits per heavy atom. The minimum absolute atomic E-state index is 0.475. The van der Waals surface area contributed by atoms with Crippen molar-refractivity contribution in [3.63, 3.8) is 0 Å². The Kier molecular flexibility index (Phi) is 4.19. The van der Waals surface area contributed by atoms with Gasteiger partial charge in [0.05, 0.1) is 0 Å². The fraction of sp³-hybridized carbons (Fsp3) is 0.333. The zero-order valence-electron chi connectivity index (χ0n) is 11.6. The monoisotopic (exact) mass is 238 g/mol. The molecular formula is C18H22. The molecule has 0 aliphatic heterocycles. The van der Waals surface area contributed by atoms with Gasteiger partial charge in [0.2, 0.25) is 0 Å². The van der Waals surface area contributed by atoms with E-state index in [0.717, 1.165) is 12.8 Å². The van der Waals surface area contributed by atoms with Gasteiger partial charge < -0.3 is 0 Å². The minimum atomic E-state index is 0.475. The van der Waals surface area contributed by atoms with E-state index in [0.29, 0.717) is 5.92 Å². The van der Waals surface area contributed by atoms with Crippen LogP contribution in [0.2, 0.25) is 0 Å². The second kappa shape index (κ2) is 5.86. The van der Waals surface area contributed by atoms with Crippen molar-refractivity contribution in [3.05, 3.63) is 70.8 Å². The van der Waals surface area contributed by atoms with Gasteiger partial charge in [-0.1, -0.05) is 69.3 Å². The van der Waals surface area contributed by atoms with Gasteiger partial charge in [0.1, 0.15) is 0 Å². The maximum Gasteiger partial charge on any atom is 0.00612 e. The van der Waals surface area contributed by atoms with Crippen LogP contribution < -0.4 is 0 Å². The van der Waals surface area contributed by atoms with E-state index in [1.807, 2.05) is 0 Å². The van der Waals surface area contributed by atoms with Crippen LogP contribution in [0, 0.1) is 0 Å². The van der Waals surface area contributed by atoms with E-state index in [1.54, 1.807) is 0 Å². The summed E-state index contributed by atoms with van der Waals surface area (Å²) in [7, 11) is 0. The lowest BCUT2D eigenvalue weighted by atomic mass is 9.90. The molecule has 0 bridgehead atoms. The quantitative estimate of drug-likeness (QED) is 0.706.